The number of rotatable bonds is 7. The van der Waals surface area contributed by atoms with Crippen LogP contribution in [0.15, 0.2) is 41.1 Å². The number of hydrogen-bond acceptors (Lipinski definition) is 5. The van der Waals surface area contributed by atoms with E-state index in [4.69, 9.17) is 9.47 Å². The Balaban J connectivity index is 1.69. The number of nitrogens with one attached hydrogen (secondary N) is 1. The Morgan fingerprint density at radius 1 is 1.18 bits per heavy atom. The van der Waals surface area contributed by atoms with Crippen molar-refractivity contribution in [2.75, 3.05) is 19.0 Å². The lowest BCUT2D eigenvalue weighted by Crippen LogP contribution is -2.21. The SMILES string of the molecule is COc1ccc(NC(=O)COC(=O)CCc2ccsc2)cc1. The molecule has 2 rings (SSSR count). The topological polar surface area (TPSA) is 64.6 Å². The Bertz CT molecular complexity index is 608. The highest BCUT2D eigenvalue weighted by molar-refractivity contribution is 7.07. The van der Waals surface area contributed by atoms with Gasteiger partial charge in [-0.05, 0) is 53.1 Å². The Kier molecular flexibility index (Phi) is 5.97. The first-order chi connectivity index (χ1) is 10.7. The molecule has 6 heteroatoms. The van der Waals surface area contributed by atoms with Gasteiger partial charge >= 0.3 is 5.97 Å². The maximum Gasteiger partial charge on any atom is 0.306 e. The molecule has 0 unspecified atom stereocenters. The third-order valence-corrected chi connectivity index (χ3v) is 3.67. The molecule has 116 valence electrons. The number of carbonyl (C=O) groups excluding carboxylic acids is 2. The number of anilines is 1. The lowest BCUT2D eigenvalue weighted by molar-refractivity contribution is -0.147. The molecule has 22 heavy (non-hydrogen) atoms. The Labute approximate surface area is 132 Å². The quantitative estimate of drug-likeness (QED) is 0.797. The van der Waals surface area contributed by atoms with Crippen molar-refractivity contribution in [1.82, 2.24) is 0 Å². The van der Waals surface area contributed by atoms with E-state index in [2.05, 4.69) is 5.32 Å². The Morgan fingerprint density at radius 3 is 2.59 bits per heavy atom. The van der Waals surface area contributed by atoms with Crippen LogP contribution in [0.4, 0.5) is 5.69 Å². The second-order valence-electron chi connectivity index (χ2n) is 4.57. The van der Waals surface area contributed by atoms with E-state index in [0.29, 0.717) is 17.9 Å². The second-order valence-corrected chi connectivity index (χ2v) is 5.35. The number of esters is 1. The molecule has 0 saturated carbocycles. The lowest BCUT2D eigenvalue weighted by atomic mass is 10.2. The Hall–Kier alpha value is -2.34. The predicted octanol–water partition coefficient (Wildman–Crippen LogP) is 2.87. The van der Waals surface area contributed by atoms with E-state index >= 15 is 0 Å². The van der Waals surface area contributed by atoms with Crippen molar-refractivity contribution in [3.8, 4) is 5.75 Å². The highest BCUT2D eigenvalue weighted by Crippen LogP contribution is 2.14. The molecule has 0 saturated heterocycles. The van der Waals surface area contributed by atoms with Gasteiger partial charge in [0.2, 0.25) is 0 Å². The highest BCUT2D eigenvalue weighted by atomic mass is 32.1. The minimum absolute atomic E-state index is 0.270. The molecule has 1 N–H and O–H groups in total. The molecule has 1 amide bonds. The fourth-order valence-corrected chi connectivity index (χ4v) is 2.47. The van der Waals surface area contributed by atoms with Crippen LogP contribution in [0.2, 0.25) is 0 Å². The van der Waals surface area contributed by atoms with Crippen LogP contribution in [0.1, 0.15) is 12.0 Å². The summed E-state index contributed by atoms with van der Waals surface area (Å²) in [6, 6.07) is 8.88. The van der Waals surface area contributed by atoms with Gasteiger partial charge in [-0.25, -0.2) is 0 Å². The molecule has 0 aliphatic rings. The number of amides is 1. The molecule has 0 aliphatic carbocycles. The van der Waals surface area contributed by atoms with E-state index in [0.717, 1.165) is 5.56 Å². The minimum atomic E-state index is -0.379. The molecule has 1 aromatic heterocycles. The number of hydrogen-bond donors (Lipinski definition) is 1. The maximum atomic E-state index is 11.7. The van der Waals surface area contributed by atoms with Crippen LogP contribution in [0.3, 0.4) is 0 Å². The maximum absolute atomic E-state index is 11.7. The van der Waals surface area contributed by atoms with Gasteiger partial charge in [0.1, 0.15) is 5.75 Å². The largest absolute Gasteiger partial charge is 0.497 e. The second kappa shape index (κ2) is 8.19. The van der Waals surface area contributed by atoms with Crippen molar-refractivity contribution in [2.45, 2.75) is 12.8 Å². The normalized spacial score (nSPS) is 10.0. The van der Waals surface area contributed by atoms with Crippen LogP contribution >= 0.6 is 11.3 Å². The predicted molar refractivity (Wildman–Crippen MR) is 85.2 cm³/mol. The molecule has 2 aromatic rings. The van der Waals surface area contributed by atoms with Gasteiger partial charge in [0.25, 0.3) is 5.91 Å². The summed E-state index contributed by atoms with van der Waals surface area (Å²) in [5.41, 5.74) is 1.73. The number of carbonyl (C=O) groups is 2. The zero-order valence-corrected chi connectivity index (χ0v) is 13.0. The summed E-state index contributed by atoms with van der Waals surface area (Å²) < 4.78 is 9.98. The van der Waals surface area contributed by atoms with Crippen molar-refractivity contribution in [2.24, 2.45) is 0 Å². The first-order valence-electron chi connectivity index (χ1n) is 6.78. The number of aryl methyl sites for hydroxylation is 1. The Morgan fingerprint density at radius 2 is 1.95 bits per heavy atom. The standard InChI is InChI=1S/C16H17NO4S/c1-20-14-5-3-13(4-6-14)17-15(18)10-21-16(19)7-2-12-8-9-22-11-12/h3-6,8-9,11H,2,7,10H2,1H3,(H,17,18). The van der Waals surface area contributed by atoms with Crippen molar-refractivity contribution in [3.05, 3.63) is 46.7 Å². The van der Waals surface area contributed by atoms with Gasteiger partial charge in [0, 0.05) is 12.1 Å². The molecule has 0 fully saturated rings. The number of thiophene rings is 1. The van der Waals surface area contributed by atoms with Crippen LogP contribution in [0, 0.1) is 0 Å². The fraction of sp³-hybridized carbons (Fsp3) is 0.250. The van der Waals surface area contributed by atoms with Gasteiger partial charge in [0.05, 0.1) is 7.11 Å². The third-order valence-electron chi connectivity index (χ3n) is 2.94. The van der Waals surface area contributed by atoms with Gasteiger partial charge in [0.15, 0.2) is 6.61 Å². The van der Waals surface area contributed by atoms with Crippen LogP contribution in [0.25, 0.3) is 0 Å². The third kappa shape index (κ3) is 5.21. The molecule has 0 spiro atoms. The average Bonchev–Trinajstić information content (AvgIpc) is 3.05. The number of benzene rings is 1. The lowest BCUT2D eigenvalue weighted by Gasteiger charge is -2.07. The summed E-state index contributed by atoms with van der Waals surface area (Å²) in [6.07, 6.45) is 0.898. The highest BCUT2D eigenvalue weighted by Gasteiger charge is 2.08. The summed E-state index contributed by atoms with van der Waals surface area (Å²) in [5.74, 6) is -0.0389. The summed E-state index contributed by atoms with van der Waals surface area (Å²) >= 11 is 1.59. The van der Waals surface area contributed by atoms with Gasteiger partial charge in [-0.3, -0.25) is 9.59 Å². The van der Waals surface area contributed by atoms with Gasteiger partial charge in [-0.1, -0.05) is 0 Å². The molecular formula is C16H17NO4S. The number of methoxy groups -OCH3 is 1. The summed E-state index contributed by atoms with van der Waals surface area (Å²) in [5, 5.41) is 6.60. The molecule has 1 heterocycles. The van der Waals surface area contributed by atoms with Crippen molar-refractivity contribution in [3.63, 3.8) is 0 Å². The summed E-state index contributed by atoms with van der Waals surface area (Å²) in [6.45, 7) is -0.283. The fourth-order valence-electron chi connectivity index (χ4n) is 1.77. The first kappa shape index (κ1) is 16.0. The van der Waals surface area contributed by atoms with Crippen LogP contribution in [0.5, 0.6) is 5.75 Å². The zero-order valence-electron chi connectivity index (χ0n) is 12.2. The van der Waals surface area contributed by atoms with Crippen molar-refractivity contribution in [1.29, 1.82) is 0 Å². The molecule has 0 atom stereocenters. The van der Waals surface area contributed by atoms with E-state index < -0.39 is 0 Å². The van der Waals surface area contributed by atoms with E-state index in [-0.39, 0.29) is 24.9 Å². The van der Waals surface area contributed by atoms with Gasteiger partial charge in [-0.15, -0.1) is 0 Å². The summed E-state index contributed by atoms with van der Waals surface area (Å²) in [7, 11) is 1.57. The van der Waals surface area contributed by atoms with Crippen molar-refractivity contribution < 1.29 is 19.1 Å². The van der Waals surface area contributed by atoms with Crippen LogP contribution in [-0.4, -0.2) is 25.6 Å². The van der Waals surface area contributed by atoms with E-state index in [9.17, 15) is 9.59 Å². The molecule has 0 bridgehead atoms. The molecule has 1 aromatic carbocycles. The average molecular weight is 319 g/mol. The monoisotopic (exact) mass is 319 g/mol. The van der Waals surface area contributed by atoms with E-state index in [1.54, 1.807) is 42.7 Å². The molecule has 0 aliphatic heterocycles. The molecular weight excluding hydrogens is 302 g/mol. The van der Waals surface area contributed by atoms with Gasteiger partial charge in [-0.2, -0.15) is 11.3 Å². The van der Waals surface area contributed by atoms with Gasteiger partial charge < -0.3 is 14.8 Å². The molecule has 5 nitrogen and oxygen atoms in total. The van der Waals surface area contributed by atoms with E-state index in [1.165, 1.54) is 0 Å². The minimum Gasteiger partial charge on any atom is -0.497 e. The zero-order chi connectivity index (χ0) is 15.8. The summed E-state index contributed by atoms with van der Waals surface area (Å²) in [4.78, 5) is 23.2. The smallest absolute Gasteiger partial charge is 0.306 e. The first-order valence-corrected chi connectivity index (χ1v) is 7.72. The van der Waals surface area contributed by atoms with Crippen molar-refractivity contribution >= 4 is 28.9 Å². The van der Waals surface area contributed by atoms with E-state index in [1.807, 2.05) is 16.8 Å². The number of ether oxygens (including phenoxy) is 2. The van der Waals surface area contributed by atoms with Crippen LogP contribution < -0.4 is 10.1 Å². The molecule has 0 radical (unpaired) electrons. The van der Waals surface area contributed by atoms with Crippen LogP contribution in [-0.2, 0) is 20.7 Å².